The molecule has 2 heterocycles. The Hall–Kier alpha value is -2.50. The van der Waals surface area contributed by atoms with Crippen molar-refractivity contribution in [3.05, 3.63) is 42.2 Å². The number of carbonyl (C=O) groups is 1. The molecule has 128 valence electrons. The van der Waals surface area contributed by atoms with Crippen molar-refractivity contribution in [2.75, 3.05) is 38.2 Å². The van der Waals surface area contributed by atoms with Crippen LogP contribution < -0.4 is 9.64 Å². The first-order valence-electron chi connectivity index (χ1n) is 8.30. The molecule has 0 unspecified atom stereocenters. The van der Waals surface area contributed by atoms with E-state index in [9.17, 15) is 4.79 Å². The highest BCUT2D eigenvalue weighted by molar-refractivity contribution is 5.76. The van der Waals surface area contributed by atoms with Crippen LogP contribution in [-0.2, 0) is 18.3 Å². The molecule has 1 amide bonds. The number of anilines is 1. The molecular weight excluding hydrogens is 304 g/mol. The predicted molar refractivity (Wildman–Crippen MR) is 93.3 cm³/mol. The standard InChI is InChI=1S/C18H24N4O2/c1-20-14-16(13-19-20)21-9-11-22(12-10-21)18(23)8-5-15-3-6-17(24-2)7-4-15/h3-4,6-7,13-14H,5,8-12H2,1-2H3. The number of ether oxygens (including phenoxy) is 1. The van der Waals surface area contributed by atoms with Crippen LogP contribution in [0.1, 0.15) is 12.0 Å². The minimum atomic E-state index is 0.233. The first-order valence-corrected chi connectivity index (χ1v) is 8.30. The van der Waals surface area contributed by atoms with E-state index in [1.54, 1.807) is 7.11 Å². The summed E-state index contributed by atoms with van der Waals surface area (Å²) in [6.45, 7) is 3.27. The van der Waals surface area contributed by atoms with E-state index in [0.29, 0.717) is 6.42 Å². The van der Waals surface area contributed by atoms with E-state index >= 15 is 0 Å². The lowest BCUT2D eigenvalue weighted by Crippen LogP contribution is -2.48. The Kier molecular flexibility index (Phi) is 5.03. The number of methoxy groups -OCH3 is 1. The minimum absolute atomic E-state index is 0.233. The molecular formula is C18H24N4O2. The Labute approximate surface area is 142 Å². The number of rotatable bonds is 5. The molecule has 0 aliphatic carbocycles. The van der Waals surface area contributed by atoms with Gasteiger partial charge in [-0.15, -0.1) is 0 Å². The summed E-state index contributed by atoms with van der Waals surface area (Å²) in [4.78, 5) is 16.7. The van der Waals surface area contributed by atoms with Gasteiger partial charge in [0, 0.05) is 45.8 Å². The van der Waals surface area contributed by atoms with Crippen LogP contribution in [0.3, 0.4) is 0 Å². The number of amides is 1. The zero-order valence-corrected chi connectivity index (χ0v) is 14.3. The molecule has 24 heavy (non-hydrogen) atoms. The van der Waals surface area contributed by atoms with E-state index in [1.165, 1.54) is 0 Å². The second kappa shape index (κ2) is 7.38. The third kappa shape index (κ3) is 3.88. The van der Waals surface area contributed by atoms with Gasteiger partial charge in [0.15, 0.2) is 0 Å². The Bertz CT molecular complexity index is 673. The molecule has 6 heteroatoms. The Balaban J connectivity index is 1.46. The second-order valence-corrected chi connectivity index (χ2v) is 6.09. The lowest BCUT2D eigenvalue weighted by atomic mass is 10.1. The number of piperazine rings is 1. The fraction of sp³-hybridized carbons (Fsp3) is 0.444. The molecule has 0 saturated carbocycles. The smallest absolute Gasteiger partial charge is 0.223 e. The van der Waals surface area contributed by atoms with E-state index < -0.39 is 0 Å². The van der Waals surface area contributed by atoms with E-state index in [0.717, 1.165) is 49.6 Å². The van der Waals surface area contributed by atoms with Gasteiger partial charge in [0.05, 0.1) is 19.0 Å². The second-order valence-electron chi connectivity index (χ2n) is 6.09. The van der Waals surface area contributed by atoms with Gasteiger partial charge in [-0.05, 0) is 24.1 Å². The summed E-state index contributed by atoms with van der Waals surface area (Å²) >= 11 is 0. The molecule has 0 bridgehead atoms. The predicted octanol–water partition coefficient (Wildman–Crippen LogP) is 1.71. The summed E-state index contributed by atoms with van der Waals surface area (Å²) in [5.41, 5.74) is 2.29. The SMILES string of the molecule is COc1ccc(CCC(=O)N2CCN(c3cnn(C)c3)CC2)cc1. The first kappa shape index (κ1) is 16.4. The van der Waals surface area contributed by atoms with Gasteiger partial charge in [0.25, 0.3) is 0 Å². The quantitative estimate of drug-likeness (QED) is 0.838. The summed E-state index contributed by atoms with van der Waals surface area (Å²) < 4.78 is 6.96. The monoisotopic (exact) mass is 328 g/mol. The average Bonchev–Trinajstić information content (AvgIpc) is 3.06. The van der Waals surface area contributed by atoms with Gasteiger partial charge in [0.1, 0.15) is 5.75 Å². The molecule has 0 atom stereocenters. The molecule has 0 N–H and O–H groups in total. The molecule has 1 aliphatic rings. The van der Waals surface area contributed by atoms with Gasteiger partial charge in [-0.2, -0.15) is 5.10 Å². The van der Waals surface area contributed by atoms with Crippen LogP contribution in [-0.4, -0.2) is 53.9 Å². The topological polar surface area (TPSA) is 50.6 Å². The van der Waals surface area contributed by atoms with Crippen molar-refractivity contribution in [2.24, 2.45) is 7.05 Å². The van der Waals surface area contributed by atoms with E-state index in [-0.39, 0.29) is 5.91 Å². The largest absolute Gasteiger partial charge is 0.497 e. The summed E-state index contributed by atoms with van der Waals surface area (Å²) in [6.07, 6.45) is 5.22. The van der Waals surface area contributed by atoms with Gasteiger partial charge >= 0.3 is 0 Å². The fourth-order valence-electron chi connectivity index (χ4n) is 2.99. The maximum Gasteiger partial charge on any atom is 0.223 e. The van der Waals surface area contributed by atoms with Crippen LogP contribution in [0.2, 0.25) is 0 Å². The third-order valence-electron chi connectivity index (χ3n) is 4.48. The average molecular weight is 328 g/mol. The molecule has 1 saturated heterocycles. The Morgan fingerprint density at radius 2 is 1.88 bits per heavy atom. The van der Waals surface area contributed by atoms with Gasteiger partial charge in [-0.3, -0.25) is 9.48 Å². The lowest BCUT2D eigenvalue weighted by Gasteiger charge is -2.35. The van der Waals surface area contributed by atoms with Crippen molar-refractivity contribution >= 4 is 11.6 Å². The molecule has 1 aromatic carbocycles. The van der Waals surface area contributed by atoms with Gasteiger partial charge < -0.3 is 14.5 Å². The van der Waals surface area contributed by atoms with Crippen LogP contribution >= 0.6 is 0 Å². The number of carbonyl (C=O) groups excluding carboxylic acids is 1. The summed E-state index contributed by atoms with van der Waals surface area (Å²) in [5.74, 6) is 1.08. The van der Waals surface area contributed by atoms with Crippen molar-refractivity contribution < 1.29 is 9.53 Å². The van der Waals surface area contributed by atoms with E-state index in [2.05, 4.69) is 10.00 Å². The fourth-order valence-corrected chi connectivity index (χ4v) is 2.99. The molecule has 1 aromatic heterocycles. The molecule has 1 fully saturated rings. The van der Waals surface area contributed by atoms with Crippen LogP contribution in [0.25, 0.3) is 0 Å². The number of benzene rings is 1. The highest BCUT2D eigenvalue weighted by Gasteiger charge is 2.21. The Morgan fingerprint density at radius 1 is 1.17 bits per heavy atom. The van der Waals surface area contributed by atoms with Crippen molar-refractivity contribution in [1.82, 2.24) is 14.7 Å². The van der Waals surface area contributed by atoms with Gasteiger partial charge in [-0.1, -0.05) is 12.1 Å². The van der Waals surface area contributed by atoms with Crippen molar-refractivity contribution in [3.8, 4) is 5.75 Å². The van der Waals surface area contributed by atoms with Crippen LogP contribution in [0, 0.1) is 0 Å². The van der Waals surface area contributed by atoms with Crippen molar-refractivity contribution in [2.45, 2.75) is 12.8 Å². The third-order valence-corrected chi connectivity index (χ3v) is 4.48. The summed E-state index contributed by atoms with van der Waals surface area (Å²) in [5, 5.41) is 4.21. The number of aromatic nitrogens is 2. The molecule has 6 nitrogen and oxygen atoms in total. The van der Waals surface area contributed by atoms with Crippen molar-refractivity contribution in [3.63, 3.8) is 0 Å². The van der Waals surface area contributed by atoms with E-state index in [1.807, 2.05) is 53.3 Å². The number of nitrogens with zero attached hydrogens (tertiary/aromatic N) is 4. The lowest BCUT2D eigenvalue weighted by molar-refractivity contribution is -0.131. The molecule has 0 spiro atoms. The Morgan fingerprint density at radius 3 is 2.46 bits per heavy atom. The number of hydrogen-bond acceptors (Lipinski definition) is 4. The maximum atomic E-state index is 12.4. The summed E-state index contributed by atoms with van der Waals surface area (Å²) in [6, 6.07) is 7.91. The zero-order valence-electron chi connectivity index (χ0n) is 14.3. The van der Waals surface area contributed by atoms with Crippen LogP contribution in [0.5, 0.6) is 5.75 Å². The molecule has 3 rings (SSSR count). The van der Waals surface area contributed by atoms with Crippen LogP contribution in [0.4, 0.5) is 5.69 Å². The number of hydrogen-bond donors (Lipinski definition) is 0. The van der Waals surface area contributed by atoms with Crippen LogP contribution in [0.15, 0.2) is 36.7 Å². The minimum Gasteiger partial charge on any atom is -0.497 e. The van der Waals surface area contributed by atoms with Gasteiger partial charge in [-0.25, -0.2) is 0 Å². The molecule has 0 radical (unpaired) electrons. The van der Waals surface area contributed by atoms with Gasteiger partial charge in [0.2, 0.25) is 5.91 Å². The number of aryl methyl sites for hydroxylation is 2. The highest BCUT2D eigenvalue weighted by Crippen LogP contribution is 2.16. The molecule has 1 aliphatic heterocycles. The highest BCUT2D eigenvalue weighted by atomic mass is 16.5. The van der Waals surface area contributed by atoms with E-state index in [4.69, 9.17) is 4.74 Å². The summed E-state index contributed by atoms with van der Waals surface area (Å²) in [7, 11) is 3.58. The normalized spacial score (nSPS) is 14.8. The zero-order chi connectivity index (χ0) is 16.9. The first-order chi connectivity index (χ1) is 11.7. The maximum absolute atomic E-state index is 12.4. The van der Waals surface area contributed by atoms with Crippen molar-refractivity contribution in [1.29, 1.82) is 0 Å². The molecule has 2 aromatic rings.